The van der Waals surface area contributed by atoms with Gasteiger partial charge in [-0.3, -0.25) is 0 Å². The second-order valence-electron chi connectivity index (χ2n) is 7.11. The molecule has 3 aliphatic rings. The maximum Gasteiger partial charge on any atom is 0.0223 e. The van der Waals surface area contributed by atoms with Crippen molar-refractivity contribution in [2.24, 2.45) is 17.8 Å². The Bertz CT molecular complexity index is 254. The molecule has 104 valence electrons. The van der Waals surface area contributed by atoms with Gasteiger partial charge in [-0.15, -0.1) is 0 Å². The SMILES string of the molecule is CC1CCC(CCN2CCNC(C3CC3)C2)CC1. The summed E-state index contributed by atoms with van der Waals surface area (Å²) in [6.45, 7) is 7.62. The van der Waals surface area contributed by atoms with E-state index in [9.17, 15) is 0 Å². The topological polar surface area (TPSA) is 15.3 Å². The molecule has 1 unspecified atom stereocenters. The standard InChI is InChI=1S/C16H30N2/c1-13-2-4-14(5-3-13)8-10-18-11-9-17-16(12-18)15-6-7-15/h13-17H,2-12H2,1H3. The van der Waals surface area contributed by atoms with Crippen molar-refractivity contribution in [3.05, 3.63) is 0 Å². The molecule has 0 amide bonds. The van der Waals surface area contributed by atoms with E-state index in [1.807, 2.05) is 0 Å². The lowest BCUT2D eigenvalue weighted by Crippen LogP contribution is -2.51. The molecule has 1 saturated heterocycles. The second-order valence-corrected chi connectivity index (χ2v) is 7.11. The van der Waals surface area contributed by atoms with Gasteiger partial charge in [0.2, 0.25) is 0 Å². The molecule has 0 spiro atoms. The highest BCUT2D eigenvalue weighted by molar-refractivity contribution is 4.91. The molecule has 1 aliphatic heterocycles. The largest absolute Gasteiger partial charge is 0.311 e. The smallest absolute Gasteiger partial charge is 0.0223 e. The minimum atomic E-state index is 0.824. The molecule has 0 radical (unpaired) electrons. The summed E-state index contributed by atoms with van der Waals surface area (Å²) in [6, 6.07) is 0.824. The van der Waals surface area contributed by atoms with Gasteiger partial charge in [0.25, 0.3) is 0 Å². The third kappa shape index (κ3) is 3.48. The van der Waals surface area contributed by atoms with Crippen molar-refractivity contribution in [2.75, 3.05) is 26.2 Å². The monoisotopic (exact) mass is 250 g/mol. The van der Waals surface area contributed by atoms with Crippen LogP contribution < -0.4 is 5.32 Å². The van der Waals surface area contributed by atoms with Crippen LogP contribution >= 0.6 is 0 Å². The fourth-order valence-electron chi connectivity index (χ4n) is 3.84. The van der Waals surface area contributed by atoms with Gasteiger partial charge >= 0.3 is 0 Å². The Morgan fingerprint density at radius 1 is 1.06 bits per heavy atom. The van der Waals surface area contributed by atoms with Crippen molar-refractivity contribution in [1.82, 2.24) is 10.2 Å². The lowest BCUT2D eigenvalue weighted by molar-refractivity contribution is 0.166. The fourth-order valence-corrected chi connectivity index (χ4v) is 3.84. The molecule has 0 aromatic carbocycles. The van der Waals surface area contributed by atoms with E-state index in [-0.39, 0.29) is 0 Å². The minimum absolute atomic E-state index is 0.824. The first-order chi connectivity index (χ1) is 8.81. The van der Waals surface area contributed by atoms with E-state index in [0.29, 0.717) is 0 Å². The zero-order valence-corrected chi connectivity index (χ0v) is 12.0. The number of nitrogens with one attached hydrogen (secondary N) is 1. The molecule has 0 aromatic heterocycles. The van der Waals surface area contributed by atoms with Crippen LogP contribution in [0.1, 0.15) is 51.9 Å². The van der Waals surface area contributed by atoms with E-state index in [1.165, 1.54) is 71.1 Å². The summed E-state index contributed by atoms with van der Waals surface area (Å²) >= 11 is 0. The van der Waals surface area contributed by atoms with Crippen LogP contribution in [0.3, 0.4) is 0 Å². The maximum absolute atomic E-state index is 3.71. The van der Waals surface area contributed by atoms with E-state index in [4.69, 9.17) is 0 Å². The van der Waals surface area contributed by atoms with Crippen molar-refractivity contribution in [3.63, 3.8) is 0 Å². The van der Waals surface area contributed by atoms with Gasteiger partial charge in [0, 0.05) is 25.7 Å². The maximum atomic E-state index is 3.71. The quantitative estimate of drug-likeness (QED) is 0.825. The highest BCUT2D eigenvalue weighted by atomic mass is 15.2. The normalized spacial score (nSPS) is 38.8. The van der Waals surface area contributed by atoms with Gasteiger partial charge in [-0.25, -0.2) is 0 Å². The van der Waals surface area contributed by atoms with Crippen LogP contribution in [0, 0.1) is 17.8 Å². The van der Waals surface area contributed by atoms with Crippen LogP contribution in [-0.2, 0) is 0 Å². The van der Waals surface area contributed by atoms with Gasteiger partial charge in [0.05, 0.1) is 0 Å². The number of hydrogen-bond acceptors (Lipinski definition) is 2. The lowest BCUT2D eigenvalue weighted by Gasteiger charge is -2.35. The Kier molecular flexibility index (Phi) is 4.25. The number of piperazine rings is 1. The van der Waals surface area contributed by atoms with Crippen molar-refractivity contribution in [1.29, 1.82) is 0 Å². The highest BCUT2D eigenvalue weighted by Gasteiger charge is 2.33. The van der Waals surface area contributed by atoms with Crippen molar-refractivity contribution in [2.45, 2.75) is 57.9 Å². The van der Waals surface area contributed by atoms with Gasteiger partial charge in [0.15, 0.2) is 0 Å². The molecule has 0 aromatic rings. The van der Waals surface area contributed by atoms with E-state index >= 15 is 0 Å². The van der Waals surface area contributed by atoms with Gasteiger partial charge in [-0.05, 0) is 43.6 Å². The van der Waals surface area contributed by atoms with Crippen LogP contribution in [0.15, 0.2) is 0 Å². The lowest BCUT2D eigenvalue weighted by atomic mass is 9.81. The average molecular weight is 250 g/mol. The van der Waals surface area contributed by atoms with Gasteiger partial charge in [0.1, 0.15) is 0 Å². The third-order valence-corrected chi connectivity index (χ3v) is 5.47. The highest BCUT2D eigenvalue weighted by Crippen LogP contribution is 2.34. The third-order valence-electron chi connectivity index (χ3n) is 5.47. The number of rotatable bonds is 4. The van der Waals surface area contributed by atoms with Crippen LogP contribution in [0.2, 0.25) is 0 Å². The van der Waals surface area contributed by atoms with E-state index in [2.05, 4.69) is 17.1 Å². The Morgan fingerprint density at radius 3 is 2.56 bits per heavy atom. The molecular formula is C16H30N2. The van der Waals surface area contributed by atoms with E-state index in [0.717, 1.165) is 23.8 Å². The van der Waals surface area contributed by atoms with Crippen LogP contribution in [0.5, 0.6) is 0 Å². The molecule has 2 aliphatic carbocycles. The fraction of sp³-hybridized carbons (Fsp3) is 1.00. The first-order valence-corrected chi connectivity index (χ1v) is 8.27. The van der Waals surface area contributed by atoms with Gasteiger partial charge < -0.3 is 10.2 Å². The molecular weight excluding hydrogens is 220 g/mol. The van der Waals surface area contributed by atoms with Crippen LogP contribution in [0.4, 0.5) is 0 Å². The molecule has 1 N–H and O–H groups in total. The van der Waals surface area contributed by atoms with E-state index in [1.54, 1.807) is 0 Å². The van der Waals surface area contributed by atoms with Gasteiger partial charge in [-0.2, -0.15) is 0 Å². The molecule has 3 rings (SSSR count). The first kappa shape index (κ1) is 12.9. The van der Waals surface area contributed by atoms with Crippen molar-refractivity contribution in [3.8, 4) is 0 Å². The summed E-state index contributed by atoms with van der Waals surface area (Å²) in [5.74, 6) is 3.05. The molecule has 2 saturated carbocycles. The number of hydrogen-bond donors (Lipinski definition) is 1. The summed E-state index contributed by atoms with van der Waals surface area (Å²) in [5.41, 5.74) is 0. The van der Waals surface area contributed by atoms with Crippen LogP contribution in [-0.4, -0.2) is 37.1 Å². The second kappa shape index (κ2) is 5.92. The Labute approximate surface area is 113 Å². The van der Waals surface area contributed by atoms with Crippen molar-refractivity contribution >= 4 is 0 Å². The summed E-state index contributed by atoms with van der Waals surface area (Å²) in [6.07, 6.45) is 10.4. The summed E-state index contributed by atoms with van der Waals surface area (Å²) in [4.78, 5) is 2.73. The Morgan fingerprint density at radius 2 is 1.83 bits per heavy atom. The van der Waals surface area contributed by atoms with Crippen molar-refractivity contribution < 1.29 is 0 Å². The molecule has 1 atom stereocenters. The molecule has 2 nitrogen and oxygen atoms in total. The Balaban J connectivity index is 1.37. The predicted octanol–water partition coefficient (Wildman–Crippen LogP) is 2.89. The zero-order chi connectivity index (χ0) is 12.4. The molecule has 18 heavy (non-hydrogen) atoms. The van der Waals surface area contributed by atoms with Crippen LogP contribution in [0.25, 0.3) is 0 Å². The molecule has 3 fully saturated rings. The van der Waals surface area contributed by atoms with E-state index < -0.39 is 0 Å². The summed E-state index contributed by atoms with van der Waals surface area (Å²) in [5, 5.41) is 3.71. The molecule has 0 bridgehead atoms. The molecule has 1 heterocycles. The summed E-state index contributed by atoms with van der Waals surface area (Å²) < 4.78 is 0. The zero-order valence-electron chi connectivity index (χ0n) is 12.0. The Hall–Kier alpha value is -0.0800. The first-order valence-electron chi connectivity index (χ1n) is 8.27. The molecule has 2 heteroatoms. The average Bonchev–Trinajstić information content (AvgIpc) is 3.23. The predicted molar refractivity (Wildman–Crippen MR) is 76.7 cm³/mol. The minimum Gasteiger partial charge on any atom is -0.311 e. The number of nitrogens with zero attached hydrogens (tertiary/aromatic N) is 1. The summed E-state index contributed by atoms with van der Waals surface area (Å²) in [7, 11) is 0. The van der Waals surface area contributed by atoms with Gasteiger partial charge in [-0.1, -0.05) is 32.6 Å².